The lowest BCUT2D eigenvalue weighted by atomic mass is 9.87. The van der Waals surface area contributed by atoms with Gasteiger partial charge in [-0.2, -0.15) is 0 Å². The Balaban J connectivity index is 1.52. The minimum absolute atomic E-state index is 0.111. The van der Waals surface area contributed by atoms with E-state index in [-0.39, 0.29) is 10.8 Å². The van der Waals surface area contributed by atoms with Gasteiger partial charge in [-0.15, -0.1) is 0 Å². The molecule has 4 aromatic carbocycles. The second kappa shape index (κ2) is 10.8. The summed E-state index contributed by atoms with van der Waals surface area (Å²) in [5.74, 6) is 1.71. The molecule has 0 fully saturated rings. The third-order valence-corrected chi connectivity index (χ3v) is 9.26. The third-order valence-electron chi connectivity index (χ3n) is 7.98. The number of hydrogen-bond donors (Lipinski definition) is 0. The van der Waals surface area contributed by atoms with Gasteiger partial charge in [-0.3, -0.25) is 0 Å². The van der Waals surface area contributed by atoms with Crippen LogP contribution in [0.4, 0.5) is 0 Å². The Morgan fingerprint density at radius 3 is 1.21 bits per heavy atom. The fraction of sp³-hybridized carbons (Fsp3) is 0.278. The second-order valence-electron chi connectivity index (χ2n) is 13.2. The molecule has 0 saturated carbocycles. The largest absolute Gasteiger partial charge is 0.317 e. The maximum atomic E-state index is 5.23. The summed E-state index contributed by atoms with van der Waals surface area (Å²) in [4.78, 5) is 10.5. The van der Waals surface area contributed by atoms with E-state index in [1.165, 1.54) is 22.3 Å². The fourth-order valence-corrected chi connectivity index (χ4v) is 6.36. The van der Waals surface area contributed by atoms with Crippen LogP contribution in [-0.2, 0) is 23.9 Å². The Morgan fingerprint density at radius 1 is 0.524 bits per heavy atom. The molecule has 0 unspecified atom stereocenters. The minimum Gasteiger partial charge on any atom is -0.317 e. The van der Waals surface area contributed by atoms with Gasteiger partial charge >= 0.3 is 0 Å². The molecule has 0 aliphatic rings. The van der Waals surface area contributed by atoms with Gasteiger partial charge in [0, 0.05) is 22.0 Å². The van der Waals surface area contributed by atoms with Gasteiger partial charge in [0.25, 0.3) is 0 Å². The van der Waals surface area contributed by atoms with Crippen molar-refractivity contribution in [2.75, 3.05) is 0 Å². The zero-order valence-electron chi connectivity index (χ0n) is 25.0. The minimum atomic E-state index is 0.111. The van der Waals surface area contributed by atoms with Crippen molar-refractivity contribution >= 4 is 53.9 Å². The van der Waals surface area contributed by atoms with E-state index in [0.717, 1.165) is 42.7 Å². The predicted octanol–water partition coefficient (Wildman–Crippen LogP) is 10.3. The van der Waals surface area contributed by atoms with Crippen LogP contribution in [0.3, 0.4) is 0 Å². The molecule has 0 amide bonds. The molecular formula is C36H36Br2N4. The van der Waals surface area contributed by atoms with Crippen molar-refractivity contribution < 1.29 is 0 Å². The Morgan fingerprint density at radius 2 is 0.881 bits per heavy atom. The van der Waals surface area contributed by atoms with E-state index >= 15 is 0 Å². The Bertz CT molecular complexity index is 1760. The first-order valence-corrected chi connectivity index (χ1v) is 16.0. The molecular weight excluding hydrogens is 648 g/mol. The molecule has 42 heavy (non-hydrogen) atoms. The summed E-state index contributed by atoms with van der Waals surface area (Å²) < 4.78 is 6.57. The molecule has 0 aliphatic heterocycles. The van der Waals surface area contributed by atoms with E-state index in [0.29, 0.717) is 13.1 Å². The average Bonchev–Trinajstić information content (AvgIpc) is 3.48. The smallest absolute Gasteiger partial charge is 0.177 e. The normalized spacial score (nSPS) is 12.5. The monoisotopic (exact) mass is 682 g/mol. The lowest BCUT2D eigenvalue weighted by Gasteiger charge is -2.20. The topological polar surface area (TPSA) is 35.6 Å². The van der Waals surface area contributed by atoms with Gasteiger partial charge in [-0.25, -0.2) is 9.97 Å². The third kappa shape index (κ3) is 5.47. The van der Waals surface area contributed by atoms with Crippen molar-refractivity contribution in [1.29, 1.82) is 0 Å². The number of nitrogens with zero attached hydrogens (tertiary/aromatic N) is 4. The zero-order valence-corrected chi connectivity index (χ0v) is 28.2. The number of aromatic nitrogens is 4. The maximum Gasteiger partial charge on any atom is 0.177 e. The average molecular weight is 685 g/mol. The Hall–Kier alpha value is -3.22. The molecule has 2 heterocycles. The predicted molar refractivity (Wildman–Crippen MR) is 182 cm³/mol. The van der Waals surface area contributed by atoms with E-state index in [4.69, 9.17) is 9.97 Å². The van der Waals surface area contributed by atoms with E-state index < -0.39 is 0 Å². The molecule has 214 valence electrons. The van der Waals surface area contributed by atoms with Gasteiger partial charge < -0.3 is 9.13 Å². The van der Waals surface area contributed by atoms with Crippen LogP contribution < -0.4 is 0 Å². The summed E-state index contributed by atoms with van der Waals surface area (Å²) in [7, 11) is 0. The highest BCUT2D eigenvalue weighted by Crippen LogP contribution is 2.34. The molecule has 6 rings (SSSR count). The highest BCUT2D eigenvalue weighted by molar-refractivity contribution is 9.11. The first-order chi connectivity index (χ1) is 19.9. The zero-order chi connectivity index (χ0) is 29.8. The highest BCUT2D eigenvalue weighted by Gasteiger charge is 2.23. The summed E-state index contributed by atoms with van der Waals surface area (Å²) in [6, 6.07) is 30.5. The summed E-state index contributed by atoms with van der Waals surface area (Å²) in [6.07, 6.45) is 0. The molecule has 0 bridgehead atoms. The molecule has 6 aromatic rings. The quantitative estimate of drug-likeness (QED) is 0.181. The molecule has 0 spiro atoms. The van der Waals surface area contributed by atoms with Crippen LogP contribution in [0.15, 0.2) is 93.9 Å². The molecule has 0 aliphatic carbocycles. The van der Waals surface area contributed by atoms with Crippen molar-refractivity contribution in [3.05, 3.63) is 116 Å². The number of benzene rings is 4. The van der Waals surface area contributed by atoms with Crippen molar-refractivity contribution in [3.8, 4) is 11.6 Å². The van der Waals surface area contributed by atoms with Gasteiger partial charge in [0.05, 0.1) is 11.0 Å². The molecule has 4 nitrogen and oxygen atoms in total. The molecule has 2 aromatic heterocycles. The van der Waals surface area contributed by atoms with E-state index in [9.17, 15) is 0 Å². The van der Waals surface area contributed by atoms with Crippen LogP contribution >= 0.6 is 31.9 Å². The van der Waals surface area contributed by atoms with E-state index in [2.05, 4.69) is 167 Å². The summed E-state index contributed by atoms with van der Waals surface area (Å²) in [5, 5.41) is 0. The van der Waals surface area contributed by atoms with Crippen LogP contribution in [0.25, 0.3) is 33.7 Å². The molecule has 0 atom stereocenters. The number of halogens is 2. The summed E-state index contributed by atoms with van der Waals surface area (Å²) in [5.41, 5.74) is 9.35. The number of imidazole rings is 2. The van der Waals surface area contributed by atoms with Gasteiger partial charge in [0.2, 0.25) is 0 Å². The number of fused-ring (bicyclic) bond motifs is 2. The summed E-state index contributed by atoms with van der Waals surface area (Å²) in [6.45, 7) is 14.9. The van der Waals surface area contributed by atoms with Crippen LogP contribution in [0.5, 0.6) is 0 Å². The van der Waals surface area contributed by atoms with Crippen molar-refractivity contribution in [2.24, 2.45) is 0 Å². The van der Waals surface area contributed by atoms with E-state index in [1.54, 1.807) is 0 Å². The van der Waals surface area contributed by atoms with Gasteiger partial charge in [-0.1, -0.05) is 102 Å². The maximum absolute atomic E-state index is 5.23. The molecule has 0 radical (unpaired) electrons. The van der Waals surface area contributed by atoms with E-state index in [1.807, 2.05) is 0 Å². The number of hydrogen-bond acceptors (Lipinski definition) is 2. The Kier molecular flexibility index (Phi) is 7.43. The fourth-order valence-electron chi connectivity index (χ4n) is 5.47. The van der Waals surface area contributed by atoms with Crippen molar-refractivity contribution in [1.82, 2.24) is 19.1 Å². The lowest BCUT2D eigenvalue weighted by Crippen LogP contribution is -2.12. The highest BCUT2D eigenvalue weighted by atomic mass is 79.9. The molecule has 0 saturated heterocycles. The van der Waals surface area contributed by atoms with Gasteiger partial charge in [-0.05, 0) is 89.2 Å². The van der Waals surface area contributed by atoms with Gasteiger partial charge in [0.1, 0.15) is 11.0 Å². The standard InChI is InChI=1S/C36H36Br2N4/c1-35(2,3)25-17-13-23(14-18-25)21-41-29-11-7-9-27(37)31(29)39-33(41)34-40-32-28(38)10-8-12-30(32)42(34)22-24-15-19-26(20-16-24)36(4,5)6/h7-20H,21-22H2,1-6H3. The lowest BCUT2D eigenvalue weighted by molar-refractivity contribution is 0.589. The molecule has 0 N–H and O–H groups in total. The van der Waals surface area contributed by atoms with Crippen LogP contribution in [-0.4, -0.2) is 19.1 Å². The summed E-state index contributed by atoms with van der Waals surface area (Å²) >= 11 is 7.53. The number of para-hydroxylation sites is 2. The Labute approximate surface area is 265 Å². The van der Waals surface area contributed by atoms with Crippen LogP contribution in [0, 0.1) is 0 Å². The van der Waals surface area contributed by atoms with Crippen molar-refractivity contribution in [2.45, 2.75) is 65.5 Å². The number of rotatable bonds is 5. The first kappa shape index (κ1) is 28.9. The van der Waals surface area contributed by atoms with Crippen LogP contribution in [0.1, 0.15) is 63.8 Å². The second-order valence-corrected chi connectivity index (χ2v) is 14.9. The van der Waals surface area contributed by atoms with Crippen LogP contribution in [0.2, 0.25) is 0 Å². The van der Waals surface area contributed by atoms with Crippen molar-refractivity contribution in [3.63, 3.8) is 0 Å². The molecule has 6 heteroatoms. The van der Waals surface area contributed by atoms with Gasteiger partial charge in [0.15, 0.2) is 11.6 Å². The first-order valence-electron chi connectivity index (χ1n) is 14.4. The SMILES string of the molecule is CC(C)(C)c1ccc(Cn2c(-c3nc4c(Br)cccc4n3Cc3ccc(C(C)(C)C)cc3)nc3c(Br)cccc32)cc1.